The molecule has 1 N–H and O–H groups in total. The molecular formula is C17H15BrN2. The molecule has 3 heteroatoms. The summed E-state index contributed by atoms with van der Waals surface area (Å²) < 4.78 is 1.07. The first-order valence-electron chi connectivity index (χ1n) is 6.71. The third-order valence-corrected chi connectivity index (χ3v) is 4.42. The van der Waals surface area contributed by atoms with Crippen LogP contribution in [-0.4, -0.2) is 6.04 Å². The van der Waals surface area contributed by atoms with E-state index in [1.54, 1.807) is 0 Å². The third kappa shape index (κ3) is 2.44. The normalized spacial score (nSPS) is 24.5. The van der Waals surface area contributed by atoms with Crippen LogP contribution in [0.3, 0.4) is 0 Å². The third-order valence-electron chi connectivity index (χ3n) is 3.93. The van der Waals surface area contributed by atoms with Gasteiger partial charge in [-0.3, -0.25) is 0 Å². The van der Waals surface area contributed by atoms with Gasteiger partial charge in [-0.2, -0.15) is 5.26 Å². The zero-order chi connectivity index (χ0) is 14.0. The summed E-state index contributed by atoms with van der Waals surface area (Å²) in [5, 5.41) is 13.0. The summed E-state index contributed by atoms with van der Waals surface area (Å²) in [6.07, 6.45) is 1.72. The molecule has 0 bridgehead atoms. The quantitative estimate of drug-likeness (QED) is 0.902. The highest BCUT2D eigenvalue weighted by Crippen LogP contribution is 2.44. The van der Waals surface area contributed by atoms with E-state index in [0.29, 0.717) is 6.04 Å². The molecule has 1 aliphatic carbocycles. The van der Waals surface area contributed by atoms with E-state index in [2.05, 4.69) is 51.6 Å². The fourth-order valence-corrected chi connectivity index (χ4v) is 3.25. The van der Waals surface area contributed by atoms with E-state index in [0.717, 1.165) is 28.6 Å². The molecule has 0 saturated heterocycles. The molecule has 0 aliphatic heterocycles. The second-order valence-electron chi connectivity index (χ2n) is 5.32. The summed E-state index contributed by atoms with van der Waals surface area (Å²) >= 11 is 3.47. The van der Waals surface area contributed by atoms with Gasteiger partial charge in [-0.25, -0.2) is 0 Å². The van der Waals surface area contributed by atoms with Gasteiger partial charge in [0.1, 0.15) is 0 Å². The van der Waals surface area contributed by atoms with Gasteiger partial charge in [0, 0.05) is 16.2 Å². The van der Waals surface area contributed by atoms with Crippen molar-refractivity contribution in [3.8, 4) is 6.07 Å². The van der Waals surface area contributed by atoms with Gasteiger partial charge in [-0.15, -0.1) is 0 Å². The van der Waals surface area contributed by atoms with Gasteiger partial charge in [0.2, 0.25) is 0 Å². The van der Waals surface area contributed by atoms with Crippen molar-refractivity contribution in [3.63, 3.8) is 0 Å². The summed E-state index contributed by atoms with van der Waals surface area (Å²) in [5.41, 5.74) is 1.92. The smallest absolute Gasteiger partial charge is 0.0861 e. The number of benzene rings is 2. The number of hydrogen-bond acceptors (Lipinski definition) is 2. The molecule has 0 radical (unpaired) electrons. The van der Waals surface area contributed by atoms with Crippen molar-refractivity contribution in [2.24, 2.45) is 0 Å². The number of anilines is 1. The van der Waals surface area contributed by atoms with Gasteiger partial charge in [0.25, 0.3) is 0 Å². The van der Waals surface area contributed by atoms with Crippen molar-refractivity contribution in [3.05, 3.63) is 64.6 Å². The maximum Gasteiger partial charge on any atom is 0.0861 e. The monoisotopic (exact) mass is 326 g/mol. The fourth-order valence-electron chi connectivity index (χ4n) is 2.85. The van der Waals surface area contributed by atoms with Crippen molar-refractivity contribution in [2.75, 3.05) is 5.32 Å². The molecule has 0 unspecified atom stereocenters. The average molecular weight is 327 g/mol. The van der Waals surface area contributed by atoms with E-state index in [9.17, 15) is 5.26 Å². The average Bonchev–Trinajstić information content (AvgIpc) is 2.43. The van der Waals surface area contributed by atoms with Gasteiger partial charge in [0.15, 0.2) is 0 Å². The first-order chi connectivity index (χ1) is 9.72. The van der Waals surface area contributed by atoms with E-state index in [-0.39, 0.29) is 5.41 Å². The lowest BCUT2D eigenvalue weighted by Crippen LogP contribution is -2.47. The standard InChI is InChI=1S/C17H15BrN2/c18-14-7-4-8-15(9-14)20-16-10-17(11-16,12-19)13-5-2-1-3-6-13/h1-9,16,20H,10-11H2. The number of nitrogens with one attached hydrogen (secondary N) is 1. The van der Waals surface area contributed by atoms with E-state index >= 15 is 0 Å². The van der Waals surface area contributed by atoms with Crippen molar-refractivity contribution in [2.45, 2.75) is 24.3 Å². The van der Waals surface area contributed by atoms with Crippen LogP contribution in [0.25, 0.3) is 0 Å². The van der Waals surface area contributed by atoms with Gasteiger partial charge in [0.05, 0.1) is 11.5 Å². The predicted molar refractivity (Wildman–Crippen MR) is 84.5 cm³/mol. The second-order valence-corrected chi connectivity index (χ2v) is 6.24. The molecular weight excluding hydrogens is 312 g/mol. The predicted octanol–water partition coefficient (Wildman–Crippen LogP) is 4.48. The van der Waals surface area contributed by atoms with Crippen LogP contribution in [0.1, 0.15) is 18.4 Å². The molecule has 2 nitrogen and oxygen atoms in total. The highest BCUT2D eigenvalue weighted by atomic mass is 79.9. The Kier molecular flexibility index (Phi) is 3.50. The molecule has 3 rings (SSSR count). The topological polar surface area (TPSA) is 35.8 Å². The largest absolute Gasteiger partial charge is 0.382 e. The summed E-state index contributed by atoms with van der Waals surface area (Å²) in [6, 6.07) is 21.1. The Labute approximate surface area is 127 Å². The van der Waals surface area contributed by atoms with Crippen molar-refractivity contribution < 1.29 is 0 Å². The van der Waals surface area contributed by atoms with Crippen molar-refractivity contribution in [1.29, 1.82) is 5.26 Å². The summed E-state index contributed by atoms with van der Waals surface area (Å²) in [5.74, 6) is 0. The van der Waals surface area contributed by atoms with Crippen LogP contribution in [-0.2, 0) is 5.41 Å². The van der Waals surface area contributed by atoms with E-state index in [1.165, 1.54) is 0 Å². The minimum absolute atomic E-state index is 0.315. The van der Waals surface area contributed by atoms with Gasteiger partial charge in [-0.1, -0.05) is 52.3 Å². The van der Waals surface area contributed by atoms with Gasteiger partial charge in [-0.05, 0) is 36.6 Å². The lowest BCUT2D eigenvalue weighted by atomic mass is 9.62. The SMILES string of the molecule is N#CC1(c2ccccc2)CC(Nc2cccc(Br)c2)C1. The molecule has 0 amide bonds. The Bertz CT molecular complexity index is 640. The second kappa shape index (κ2) is 5.30. The molecule has 0 spiro atoms. The van der Waals surface area contributed by atoms with Crippen LogP contribution < -0.4 is 5.32 Å². The van der Waals surface area contributed by atoms with Crippen LogP contribution in [0.2, 0.25) is 0 Å². The van der Waals surface area contributed by atoms with Gasteiger partial charge >= 0.3 is 0 Å². The molecule has 0 atom stereocenters. The first-order valence-corrected chi connectivity index (χ1v) is 7.50. The van der Waals surface area contributed by atoms with Crippen molar-refractivity contribution in [1.82, 2.24) is 0 Å². The number of hydrogen-bond donors (Lipinski definition) is 1. The molecule has 0 heterocycles. The lowest BCUT2D eigenvalue weighted by Gasteiger charge is -2.43. The Morgan fingerprint density at radius 1 is 1.10 bits per heavy atom. The zero-order valence-electron chi connectivity index (χ0n) is 11.0. The molecule has 1 saturated carbocycles. The number of nitrogens with zero attached hydrogens (tertiary/aromatic N) is 1. The summed E-state index contributed by atoms with van der Waals surface area (Å²) in [6.45, 7) is 0. The van der Waals surface area contributed by atoms with Crippen LogP contribution in [0.4, 0.5) is 5.69 Å². The molecule has 2 aromatic carbocycles. The van der Waals surface area contributed by atoms with Crippen LogP contribution >= 0.6 is 15.9 Å². The Hall–Kier alpha value is -1.79. The zero-order valence-corrected chi connectivity index (χ0v) is 12.6. The van der Waals surface area contributed by atoms with Crippen LogP contribution in [0.5, 0.6) is 0 Å². The molecule has 100 valence electrons. The van der Waals surface area contributed by atoms with E-state index in [4.69, 9.17) is 0 Å². The Morgan fingerprint density at radius 2 is 1.85 bits per heavy atom. The molecule has 1 fully saturated rings. The molecule has 20 heavy (non-hydrogen) atoms. The van der Waals surface area contributed by atoms with Crippen molar-refractivity contribution >= 4 is 21.6 Å². The number of nitriles is 1. The fraction of sp³-hybridized carbons (Fsp3) is 0.235. The molecule has 0 aromatic heterocycles. The van der Waals surface area contributed by atoms with Gasteiger partial charge < -0.3 is 5.32 Å². The first kappa shape index (κ1) is 13.2. The number of halogens is 1. The molecule has 1 aliphatic rings. The van der Waals surface area contributed by atoms with E-state index < -0.39 is 0 Å². The molecule has 2 aromatic rings. The van der Waals surface area contributed by atoms with Crippen LogP contribution in [0, 0.1) is 11.3 Å². The Morgan fingerprint density at radius 3 is 2.50 bits per heavy atom. The summed E-state index contributed by atoms with van der Waals surface area (Å²) in [4.78, 5) is 0. The minimum atomic E-state index is -0.315. The van der Waals surface area contributed by atoms with E-state index in [1.807, 2.05) is 30.3 Å². The lowest BCUT2D eigenvalue weighted by molar-refractivity contribution is 0.289. The highest BCUT2D eigenvalue weighted by Gasteiger charge is 2.46. The minimum Gasteiger partial charge on any atom is -0.382 e. The Balaban J connectivity index is 1.70. The highest BCUT2D eigenvalue weighted by molar-refractivity contribution is 9.10. The maximum atomic E-state index is 9.53. The maximum absolute atomic E-state index is 9.53. The number of rotatable bonds is 3. The summed E-state index contributed by atoms with van der Waals surface area (Å²) in [7, 11) is 0. The van der Waals surface area contributed by atoms with Crippen LogP contribution in [0.15, 0.2) is 59.1 Å².